The third kappa shape index (κ3) is 6.57. The van der Waals surface area contributed by atoms with E-state index in [9.17, 15) is 34.2 Å². The van der Waals surface area contributed by atoms with Crippen molar-refractivity contribution in [1.29, 1.82) is 0 Å². The number of anilines is 2. The number of hydrogen-bond acceptors (Lipinski definition) is 9. The molecule has 188 valence electrons. The molecule has 2 aromatic rings. The molecule has 0 aliphatic carbocycles. The molecule has 0 fully saturated rings. The van der Waals surface area contributed by atoms with Crippen LogP contribution < -0.4 is 30.6 Å². The van der Waals surface area contributed by atoms with Crippen molar-refractivity contribution >= 4 is 42.6 Å². The molecule has 13 nitrogen and oxygen atoms in total. The molecule has 0 spiro atoms. The number of benzene rings is 2. The number of amides is 4. The van der Waals surface area contributed by atoms with Crippen LogP contribution in [0.5, 0.6) is 11.5 Å². The van der Waals surface area contributed by atoms with Crippen LogP contribution in [0, 0.1) is 0 Å². The smallest absolute Gasteiger partial charge is 0.416 e. The highest BCUT2D eigenvalue weighted by atomic mass is 31.2. The van der Waals surface area contributed by atoms with Gasteiger partial charge in [-0.3, -0.25) is 29.6 Å². The van der Waals surface area contributed by atoms with Gasteiger partial charge < -0.3 is 20.5 Å². The Kier molecular flexibility index (Phi) is 8.58. The number of nitrogens with two attached hydrogens (primary N) is 2. The number of primary amides is 2. The first-order valence-corrected chi connectivity index (χ1v) is 11.9. The van der Waals surface area contributed by atoms with Gasteiger partial charge in [-0.15, -0.1) is 0 Å². The minimum absolute atomic E-state index is 0.0993. The molecule has 0 atom stereocenters. The lowest BCUT2D eigenvalue weighted by molar-refractivity contribution is -0.122. The van der Waals surface area contributed by atoms with Gasteiger partial charge >= 0.3 is 7.60 Å². The summed E-state index contributed by atoms with van der Waals surface area (Å²) in [7, 11) is -3.99. The zero-order chi connectivity index (χ0) is 26.5. The molecule has 2 aromatic carbocycles. The fourth-order valence-electron chi connectivity index (χ4n) is 2.95. The topological polar surface area (TPSA) is 203 Å². The van der Waals surface area contributed by atoms with E-state index in [-0.39, 0.29) is 50.3 Å². The Morgan fingerprint density at radius 1 is 0.829 bits per heavy atom. The highest BCUT2D eigenvalue weighted by Crippen LogP contribution is 2.50. The van der Waals surface area contributed by atoms with E-state index >= 15 is 0 Å². The van der Waals surface area contributed by atoms with Gasteiger partial charge in [0.05, 0.1) is 28.7 Å². The summed E-state index contributed by atoms with van der Waals surface area (Å²) in [6.07, 6.45) is 0.243. The summed E-state index contributed by atoms with van der Waals surface area (Å²) in [6, 6.07) is 7.00. The second-order valence-electron chi connectivity index (χ2n) is 7.27. The van der Waals surface area contributed by atoms with Gasteiger partial charge in [0.25, 0.3) is 11.8 Å². The van der Waals surface area contributed by atoms with E-state index in [4.69, 9.17) is 20.5 Å². The van der Waals surface area contributed by atoms with Crippen molar-refractivity contribution in [3.8, 4) is 11.5 Å². The quantitative estimate of drug-likeness (QED) is 0.211. The van der Waals surface area contributed by atoms with Crippen LogP contribution in [0.25, 0.3) is 0 Å². The van der Waals surface area contributed by atoms with Crippen molar-refractivity contribution in [2.45, 2.75) is 27.2 Å². The van der Waals surface area contributed by atoms with E-state index in [1.54, 1.807) is 6.92 Å². The van der Waals surface area contributed by atoms with Crippen molar-refractivity contribution in [2.24, 2.45) is 11.5 Å². The first-order chi connectivity index (χ1) is 16.3. The second kappa shape index (κ2) is 11.0. The maximum Gasteiger partial charge on any atom is 0.430 e. The van der Waals surface area contributed by atoms with Crippen molar-refractivity contribution in [3.63, 3.8) is 0 Å². The van der Waals surface area contributed by atoms with Gasteiger partial charge in [0.2, 0.25) is 11.8 Å². The van der Waals surface area contributed by atoms with E-state index < -0.39 is 31.2 Å². The predicted molar refractivity (Wildman–Crippen MR) is 124 cm³/mol. The maximum atomic E-state index is 13.5. The minimum Gasteiger partial charge on any atom is -0.416 e. The fourth-order valence-corrected chi connectivity index (χ4v) is 4.59. The van der Waals surface area contributed by atoms with Crippen LogP contribution >= 0.6 is 7.60 Å². The van der Waals surface area contributed by atoms with Gasteiger partial charge in [-0.2, -0.15) is 10.1 Å². The molecule has 0 saturated carbocycles. The average Bonchev–Trinajstić information content (AvgIpc) is 2.77. The summed E-state index contributed by atoms with van der Waals surface area (Å²) >= 11 is 0. The lowest BCUT2D eigenvalue weighted by Crippen LogP contribution is -2.27. The largest absolute Gasteiger partial charge is 0.430 e. The monoisotopic (exact) mass is 508 g/mol. The first kappa shape index (κ1) is 27.3. The fraction of sp³-hybridized carbons (Fsp3) is 0.238. The normalized spacial score (nSPS) is 10.9. The third-order valence-corrected chi connectivity index (χ3v) is 6.48. The highest BCUT2D eigenvalue weighted by Gasteiger charge is 2.29. The standard InChI is InChI=1S/C21H25N4O9P/c1-4-9-35(32,33-14-5-7-16(20(22)28)18(10-14)24(30)12(2)26)34-15-6-8-17(21(23)29)19(11-15)25(31)13(3)27/h5-8,10-11,30-31H,4,9H2,1-3H3,(H2,22,28)(H2,23,29). The SMILES string of the molecule is CCCP(=O)(Oc1ccc(C(N)=O)c(N(O)C(C)=O)c1)Oc1ccc(C(N)=O)c(N(O)C(C)=O)c1. The number of nitrogens with zero attached hydrogens (tertiary/aromatic N) is 2. The summed E-state index contributed by atoms with van der Waals surface area (Å²) in [4.78, 5) is 46.5. The Hall–Kier alpha value is -3.93. The summed E-state index contributed by atoms with van der Waals surface area (Å²) < 4.78 is 24.7. The van der Waals surface area contributed by atoms with Crippen LogP contribution in [0.4, 0.5) is 11.4 Å². The molecule has 0 aliphatic heterocycles. The van der Waals surface area contributed by atoms with Crippen LogP contribution in [0.3, 0.4) is 0 Å². The molecule has 0 bridgehead atoms. The molecule has 0 aromatic heterocycles. The van der Waals surface area contributed by atoms with Crippen LogP contribution in [-0.4, -0.2) is 40.2 Å². The van der Waals surface area contributed by atoms with Gasteiger partial charge in [-0.1, -0.05) is 6.92 Å². The number of rotatable bonds is 10. The summed E-state index contributed by atoms with van der Waals surface area (Å²) in [5, 5.41) is 20.4. The van der Waals surface area contributed by atoms with E-state index in [0.717, 1.165) is 26.0 Å². The van der Waals surface area contributed by atoms with Crippen molar-refractivity contribution in [2.75, 3.05) is 16.3 Å². The lowest BCUT2D eigenvalue weighted by atomic mass is 10.1. The van der Waals surface area contributed by atoms with Gasteiger partial charge in [-0.05, 0) is 30.7 Å². The molecular weight excluding hydrogens is 483 g/mol. The predicted octanol–water partition coefficient (Wildman–Crippen LogP) is 2.43. The van der Waals surface area contributed by atoms with Crippen LogP contribution in [-0.2, 0) is 14.2 Å². The number of hydrogen-bond donors (Lipinski definition) is 4. The summed E-state index contributed by atoms with van der Waals surface area (Å²) in [5.41, 5.74) is 9.59. The van der Waals surface area contributed by atoms with E-state index in [1.165, 1.54) is 24.3 Å². The highest BCUT2D eigenvalue weighted by molar-refractivity contribution is 7.54. The lowest BCUT2D eigenvalue weighted by Gasteiger charge is -2.23. The molecule has 35 heavy (non-hydrogen) atoms. The Morgan fingerprint density at radius 3 is 1.49 bits per heavy atom. The zero-order valence-corrected chi connectivity index (χ0v) is 20.0. The summed E-state index contributed by atoms with van der Waals surface area (Å²) in [5.74, 6) is -3.74. The molecule has 4 amide bonds. The molecule has 0 unspecified atom stereocenters. The van der Waals surface area contributed by atoms with Crippen molar-refractivity contribution in [1.82, 2.24) is 0 Å². The maximum absolute atomic E-state index is 13.5. The minimum atomic E-state index is -3.99. The second-order valence-corrected chi connectivity index (χ2v) is 9.30. The third-order valence-electron chi connectivity index (χ3n) is 4.51. The molecule has 6 N–H and O–H groups in total. The molecule has 0 saturated heterocycles. The molecule has 0 aliphatic rings. The summed E-state index contributed by atoms with van der Waals surface area (Å²) in [6.45, 7) is 3.80. The van der Waals surface area contributed by atoms with E-state index in [0.29, 0.717) is 6.42 Å². The van der Waals surface area contributed by atoms with Crippen molar-refractivity contribution < 1.29 is 43.2 Å². The first-order valence-electron chi connectivity index (χ1n) is 10.1. The molecule has 0 radical (unpaired) electrons. The van der Waals surface area contributed by atoms with Gasteiger partial charge in [0.15, 0.2) is 0 Å². The van der Waals surface area contributed by atoms with E-state index in [1.807, 2.05) is 0 Å². The van der Waals surface area contributed by atoms with Gasteiger partial charge in [-0.25, -0.2) is 4.57 Å². The van der Waals surface area contributed by atoms with Gasteiger partial charge in [0, 0.05) is 26.0 Å². The Bertz CT molecular complexity index is 1130. The zero-order valence-electron chi connectivity index (χ0n) is 19.1. The Morgan fingerprint density at radius 2 is 1.20 bits per heavy atom. The Labute approximate surface area is 200 Å². The van der Waals surface area contributed by atoms with Crippen molar-refractivity contribution in [3.05, 3.63) is 47.5 Å². The van der Waals surface area contributed by atoms with E-state index in [2.05, 4.69) is 0 Å². The van der Waals surface area contributed by atoms with Crippen LogP contribution in [0.1, 0.15) is 47.9 Å². The average molecular weight is 508 g/mol. The molecule has 0 heterocycles. The number of hydroxylamine groups is 2. The Balaban J connectivity index is 2.48. The number of carbonyl (C=O) groups is 4. The van der Waals surface area contributed by atoms with Crippen LogP contribution in [0.15, 0.2) is 36.4 Å². The molecule has 2 rings (SSSR count). The molecular formula is C21H25N4O9P. The molecule has 14 heteroatoms. The number of carbonyl (C=O) groups excluding carboxylic acids is 4. The van der Waals surface area contributed by atoms with Crippen LogP contribution in [0.2, 0.25) is 0 Å². The van der Waals surface area contributed by atoms with Gasteiger partial charge in [0.1, 0.15) is 11.5 Å².